The number of fused-ring (bicyclic) bond motifs is 1. The van der Waals surface area contributed by atoms with Gasteiger partial charge in [0.05, 0.1) is 10.7 Å². The van der Waals surface area contributed by atoms with Crippen molar-refractivity contribution in [2.24, 2.45) is 0 Å². The third kappa shape index (κ3) is 3.40. The molecule has 0 saturated heterocycles. The van der Waals surface area contributed by atoms with E-state index in [-0.39, 0.29) is 5.91 Å². The molecule has 5 heteroatoms. The molecule has 0 N–H and O–H groups in total. The Labute approximate surface area is 157 Å². The summed E-state index contributed by atoms with van der Waals surface area (Å²) in [5.74, 6) is 0.0798. The van der Waals surface area contributed by atoms with Gasteiger partial charge in [-0.3, -0.25) is 9.78 Å². The van der Waals surface area contributed by atoms with Crippen molar-refractivity contribution in [1.29, 1.82) is 0 Å². The van der Waals surface area contributed by atoms with E-state index in [1.54, 1.807) is 0 Å². The molecule has 132 valence electrons. The van der Waals surface area contributed by atoms with Crippen LogP contribution < -0.4 is 4.90 Å². The van der Waals surface area contributed by atoms with E-state index in [4.69, 9.17) is 0 Å². The maximum atomic E-state index is 13.2. The van der Waals surface area contributed by atoms with Crippen LogP contribution >= 0.6 is 11.3 Å². The summed E-state index contributed by atoms with van der Waals surface area (Å²) in [6.45, 7) is 2.71. The van der Waals surface area contributed by atoms with Gasteiger partial charge in [0.25, 0.3) is 5.91 Å². The Morgan fingerprint density at radius 1 is 1.15 bits per heavy atom. The van der Waals surface area contributed by atoms with Crippen molar-refractivity contribution in [3.05, 3.63) is 75.5 Å². The number of nitrogens with zero attached hydrogens (tertiary/aromatic N) is 3. The van der Waals surface area contributed by atoms with Gasteiger partial charge in [-0.1, -0.05) is 24.3 Å². The van der Waals surface area contributed by atoms with Gasteiger partial charge < -0.3 is 4.90 Å². The number of hydrogen-bond donors (Lipinski definition) is 0. The second-order valence-electron chi connectivity index (χ2n) is 6.53. The molecule has 0 bridgehead atoms. The zero-order valence-corrected chi connectivity index (χ0v) is 15.6. The molecule has 4 nitrogen and oxygen atoms in total. The van der Waals surface area contributed by atoms with Gasteiger partial charge in [-0.05, 0) is 49.9 Å². The Morgan fingerprint density at radius 2 is 2.00 bits per heavy atom. The van der Waals surface area contributed by atoms with Gasteiger partial charge in [0.15, 0.2) is 0 Å². The first-order valence-corrected chi connectivity index (χ1v) is 9.80. The predicted octanol–water partition coefficient (Wildman–Crippen LogP) is 4.22. The molecule has 2 aromatic heterocycles. The lowest BCUT2D eigenvalue weighted by molar-refractivity contribution is 0.0988. The van der Waals surface area contributed by atoms with Crippen molar-refractivity contribution in [3.8, 4) is 0 Å². The third-order valence-electron chi connectivity index (χ3n) is 4.71. The molecule has 26 heavy (non-hydrogen) atoms. The summed E-state index contributed by atoms with van der Waals surface area (Å²) in [7, 11) is 0. The molecule has 4 rings (SSSR count). The van der Waals surface area contributed by atoms with Crippen molar-refractivity contribution in [1.82, 2.24) is 9.97 Å². The second kappa shape index (κ2) is 7.38. The van der Waals surface area contributed by atoms with E-state index < -0.39 is 0 Å². The van der Waals surface area contributed by atoms with Crippen LogP contribution in [0, 0.1) is 6.92 Å². The summed E-state index contributed by atoms with van der Waals surface area (Å²) in [4.78, 5) is 24.8. The Morgan fingerprint density at radius 3 is 2.85 bits per heavy atom. The van der Waals surface area contributed by atoms with Crippen molar-refractivity contribution in [3.63, 3.8) is 0 Å². The first-order chi connectivity index (χ1) is 12.7. The molecule has 3 aromatic rings. The molecule has 3 heterocycles. The van der Waals surface area contributed by atoms with Gasteiger partial charge in [0.2, 0.25) is 0 Å². The molecule has 0 atom stereocenters. The SMILES string of the molecule is Cc1nc(CCc2ccccn2)sc1C(=O)N1CCCc2ccccc21. The van der Waals surface area contributed by atoms with E-state index in [9.17, 15) is 4.79 Å². The second-order valence-corrected chi connectivity index (χ2v) is 7.62. The predicted molar refractivity (Wildman–Crippen MR) is 105 cm³/mol. The Kier molecular flexibility index (Phi) is 4.80. The van der Waals surface area contributed by atoms with Gasteiger partial charge in [-0.25, -0.2) is 4.98 Å². The molecule has 1 amide bonds. The fourth-order valence-electron chi connectivity index (χ4n) is 3.41. The minimum absolute atomic E-state index is 0.0798. The smallest absolute Gasteiger partial charge is 0.270 e. The number of aromatic nitrogens is 2. The van der Waals surface area contributed by atoms with Crippen molar-refractivity contribution in [2.45, 2.75) is 32.6 Å². The van der Waals surface area contributed by atoms with Gasteiger partial charge in [0, 0.05) is 30.5 Å². The molecule has 1 aliphatic heterocycles. The fourth-order valence-corrected chi connectivity index (χ4v) is 4.42. The first-order valence-electron chi connectivity index (χ1n) is 8.98. The number of aryl methyl sites for hydroxylation is 4. The van der Waals surface area contributed by atoms with E-state index in [1.807, 2.05) is 54.4 Å². The highest BCUT2D eigenvalue weighted by atomic mass is 32.1. The maximum Gasteiger partial charge on any atom is 0.270 e. The number of carbonyl (C=O) groups excluding carboxylic acids is 1. The highest BCUT2D eigenvalue weighted by Crippen LogP contribution is 2.30. The lowest BCUT2D eigenvalue weighted by Crippen LogP contribution is -2.35. The van der Waals surface area contributed by atoms with Crippen molar-refractivity contribution < 1.29 is 4.79 Å². The monoisotopic (exact) mass is 363 g/mol. The molecule has 0 saturated carbocycles. The number of anilines is 1. The zero-order valence-electron chi connectivity index (χ0n) is 14.8. The summed E-state index contributed by atoms with van der Waals surface area (Å²) < 4.78 is 0. The zero-order chi connectivity index (χ0) is 17.9. The van der Waals surface area contributed by atoms with Crippen molar-refractivity contribution >= 4 is 22.9 Å². The Balaban J connectivity index is 1.53. The Bertz CT molecular complexity index is 920. The van der Waals surface area contributed by atoms with E-state index in [2.05, 4.69) is 16.0 Å². The Hall–Kier alpha value is -2.53. The average molecular weight is 363 g/mol. The summed E-state index contributed by atoms with van der Waals surface area (Å²) in [6, 6.07) is 14.2. The van der Waals surface area contributed by atoms with Crippen LogP contribution in [0.2, 0.25) is 0 Å². The number of hydrogen-bond acceptors (Lipinski definition) is 4. The van der Waals surface area contributed by atoms with Gasteiger partial charge in [-0.15, -0.1) is 11.3 Å². The lowest BCUT2D eigenvalue weighted by atomic mass is 10.0. The summed E-state index contributed by atoms with van der Waals surface area (Å²) in [5.41, 5.74) is 4.19. The first kappa shape index (κ1) is 16.9. The molecule has 0 unspecified atom stereocenters. The van der Waals surface area contributed by atoms with E-state index in [1.165, 1.54) is 16.9 Å². The number of benzene rings is 1. The van der Waals surface area contributed by atoms with E-state index in [0.29, 0.717) is 0 Å². The quantitative estimate of drug-likeness (QED) is 0.697. The highest BCUT2D eigenvalue weighted by molar-refractivity contribution is 7.14. The molecule has 0 spiro atoms. The minimum Gasteiger partial charge on any atom is -0.307 e. The van der Waals surface area contributed by atoms with Crippen LogP contribution in [0.15, 0.2) is 48.7 Å². The van der Waals surface area contributed by atoms with E-state index in [0.717, 1.165) is 59.2 Å². The van der Waals surface area contributed by atoms with Crippen LogP contribution in [0.4, 0.5) is 5.69 Å². The van der Waals surface area contributed by atoms with Gasteiger partial charge in [0.1, 0.15) is 4.88 Å². The van der Waals surface area contributed by atoms with Crippen LogP contribution in [0.25, 0.3) is 0 Å². The fraction of sp³-hybridized carbons (Fsp3) is 0.286. The summed E-state index contributed by atoms with van der Waals surface area (Å²) in [5, 5.41) is 1.00. The average Bonchev–Trinajstić information content (AvgIpc) is 3.07. The number of para-hydroxylation sites is 1. The molecule has 0 fully saturated rings. The molecule has 1 aromatic carbocycles. The van der Waals surface area contributed by atoms with Crippen LogP contribution in [0.5, 0.6) is 0 Å². The van der Waals surface area contributed by atoms with Gasteiger partial charge >= 0.3 is 0 Å². The lowest BCUT2D eigenvalue weighted by Gasteiger charge is -2.29. The third-order valence-corrected chi connectivity index (χ3v) is 5.92. The molecular weight excluding hydrogens is 342 g/mol. The number of rotatable bonds is 4. The number of amides is 1. The molecule has 0 radical (unpaired) electrons. The standard InChI is InChI=1S/C21H21N3OS/c1-15-20(26-19(23-15)12-11-17-9-4-5-13-22-17)21(25)24-14-6-8-16-7-2-3-10-18(16)24/h2-5,7,9-10,13H,6,8,11-12,14H2,1H3. The van der Waals surface area contributed by atoms with Gasteiger partial charge in [-0.2, -0.15) is 0 Å². The summed E-state index contributed by atoms with van der Waals surface area (Å²) >= 11 is 1.53. The topological polar surface area (TPSA) is 46.1 Å². The minimum atomic E-state index is 0.0798. The molecular formula is C21H21N3OS. The largest absolute Gasteiger partial charge is 0.307 e. The normalized spacial score (nSPS) is 13.5. The maximum absolute atomic E-state index is 13.2. The van der Waals surface area contributed by atoms with Crippen LogP contribution in [-0.4, -0.2) is 22.4 Å². The highest BCUT2D eigenvalue weighted by Gasteiger charge is 2.26. The molecule has 0 aliphatic carbocycles. The number of thiazole rings is 1. The number of pyridine rings is 1. The van der Waals surface area contributed by atoms with Crippen LogP contribution in [0.1, 0.15) is 38.1 Å². The van der Waals surface area contributed by atoms with Crippen molar-refractivity contribution in [2.75, 3.05) is 11.4 Å². The summed E-state index contributed by atoms with van der Waals surface area (Å²) in [6.07, 6.45) is 5.51. The number of carbonyl (C=O) groups is 1. The van der Waals surface area contributed by atoms with Crippen LogP contribution in [0.3, 0.4) is 0 Å². The van der Waals surface area contributed by atoms with Crippen LogP contribution in [-0.2, 0) is 19.3 Å². The van der Waals surface area contributed by atoms with E-state index >= 15 is 0 Å². The molecule has 1 aliphatic rings.